The molecule has 0 aliphatic carbocycles. The van der Waals surface area contributed by atoms with Crippen molar-refractivity contribution in [2.75, 3.05) is 14.2 Å². The molecule has 1 aliphatic heterocycles. The van der Waals surface area contributed by atoms with Gasteiger partial charge < -0.3 is 14.8 Å². The molecule has 1 unspecified atom stereocenters. The predicted molar refractivity (Wildman–Crippen MR) is 123 cm³/mol. The van der Waals surface area contributed by atoms with Crippen LogP contribution in [-0.4, -0.2) is 45.7 Å². The Bertz CT molecular complexity index is 1170. The summed E-state index contributed by atoms with van der Waals surface area (Å²) in [4.78, 5) is 30.0. The minimum absolute atomic E-state index is 0.347. The fourth-order valence-electron chi connectivity index (χ4n) is 2.86. The van der Waals surface area contributed by atoms with Gasteiger partial charge in [0.1, 0.15) is 11.4 Å². The number of carbonyl (C=O) groups excluding carboxylic acids is 1. The summed E-state index contributed by atoms with van der Waals surface area (Å²) in [6.45, 7) is 0. The number of ether oxygens (including phenoxy) is 2. The molecular weight excluding hydrogens is 475 g/mol. The smallest absolute Gasteiger partial charge is 0.409 e. The number of methoxy groups -OCH3 is 2. The number of rotatable bonds is 5. The van der Waals surface area contributed by atoms with E-state index in [1.165, 1.54) is 26.0 Å². The Kier molecular flexibility index (Phi) is 6.63. The summed E-state index contributed by atoms with van der Waals surface area (Å²) in [6, 6.07) is 5.09. The van der Waals surface area contributed by atoms with Crippen LogP contribution >= 0.6 is 35.0 Å². The Morgan fingerprint density at radius 3 is 2.50 bits per heavy atom. The van der Waals surface area contributed by atoms with Crippen molar-refractivity contribution in [3.8, 4) is 28.5 Å². The van der Waals surface area contributed by atoms with Crippen LogP contribution in [0, 0.1) is 0 Å². The average Bonchev–Trinajstić information content (AvgIpc) is 3.27. The van der Waals surface area contributed by atoms with Gasteiger partial charge in [-0.1, -0.05) is 35.0 Å². The number of hydrogen-bond acceptors (Lipinski definition) is 9. The van der Waals surface area contributed by atoms with Crippen LogP contribution in [0.2, 0.25) is 10.0 Å². The number of nitrogens with zero attached hydrogens (tertiary/aromatic N) is 4. The minimum atomic E-state index is -0.551. The maximum absolute atomic E-state index is 11.5. The van der Waals surface area contributed by atoms with E-state index in [0.29, 0.717) is 44.3 Å². The normalized spacial score (nSPS) is 15.0. The lowest BCUT2D eigenvalue weighted by molar-refractivity contribution is 0.169. The number of halogens is 2. The van der Waals surface area contributed by atoms with Crippen molar-refractivity contribution in [3.05, 3.63) is 58.7 Å². The molecule has 0 spiro atoms. The Morgan fingerprint density at radius 1 is 1.09 bits per heavy atom. The van der Waals surface area contributed by atoms with Gasteiger partial charge in [0.05, 0.1) is 46.8 Å². The van der Waals surface area contributed by atoms with Gasteiger partial charge >= 0.3 is 6.09 Å². The Balaban J connectivity index is 1.78. The highest BCUT2D eigenvalue weighted by molar-refractivity contribution is 8.09. The molecule has 164 valence electrons. The van der Waals surface area contributed by atoms with Crippen LogP contribution in [0.25, 0.3) is 27.7 Å². The number of hydrogen-bond donors (Lipinski definition) is 2. The van der Waals surface area contributed by atoms with E-state index in [0.717, 1.165) is 4.91 Å². The first-order valence-corrected chi connectivity index (χ1v) is 10.8. The zero-order valence-corrected chi connectivity index (χ0v) is 19.1. The second-order valence-corrected chi connectivity index (χ2v) is 8.29. The largest absolute Gasteiger partial charge is 0.497 e. The minimum Gasteiger partial charge on any atom is -0.497 e. The number of amides is 1. The summed E-state index contributed by atoms with van der Waals surface area (Å²) < 4.78 is 9.88. The first kappa shape index (κ1) is 22.1. The standard InChI is InChI=1S/C20H16Cl2N6O3S/c1-30-10-5-11(21)17(12(22)6-10)14-7-13(16-9-25-19(32-16)28-20(29)31-2)26-18(27-14)15-8-23-3-4-24-15/h3-9,19,25H,1-2H3,(H,28,29). The molecule has 0 bridgehead atoms. The summed E-state index contributed by atoms with van der Waals surface area (Å²) >= 11 is 14.4. The van der Waals surface area contributed by atoms with Crippen molar-refractivity contribution in [2.24, 2.45) is 0 Å². The van der Waals surface area contributed by atoms with E-state index in [4.69, 9.17) is 27.9 Å². The molecule has 3 aromatic rings. The molecule has 1 amide bonds. The summed E-state index contributed by atoms with van der Waals surface area (Å²) in [5.74, 6) is 0.876. The van der Waals surface area contributed by atoms with Crippen molar-refractivity contribution in [1.29, 1.82) is 0 Å². The van der Waals surface area contributed by atoms with Crippen molar-refractivity contribution in [2.45, 2.75) is 5.50 Å². The molecule has 0 radical (unpaired) electrons. The van der Waals surface area contributed by atoms with Gasteiger partial charge in [0.25, 0.3) is 0 Å². The zero-order chi connectivity index (χ0) is 22.7. The average molecular weight is 491 g/mol. The Hall–Kier alpha value is -3.08. The number of thioether (sulfide) groups is 1. The van der Waals surface area contributed by atoms with E-state index in [-0.39, 0.29) is 0 Å². The molecule has 1 atom stereocenters. The highest BCUT2D eigenvalue weighted by Crippen LogP contribution is 2.40. The van der Waals surface area contributed by atoms with E-state index < -0.39 is 11.6 Å². The molecule has 0 saturated heterocycles. The lowest BCUT2D eigenvalue weighted by Crippen LogP contribution is -2.38. The second-order valence-electron chi connectivity index (χ2n) is 6.33. The van der Waals surface area contributed by atoms with Crippen molar-refractivity contribution in [1.82, 2.24) is 30.6 Å². The summed E-state index contributed by atoms with van der Waals surface area (Å²) in [6.07, 6.45) is 5.88. The van der Waals surface area contributed by atoms with Gasteiger partial charge in [-0.05, 0) is 18.2 Å². The number of benzene rings is 1. The van der Waals surface area contributed by atoms with Crippen LogP contribution in [0.4, 0.5) is 4.79 Å². The van der Waals surface area contributed by atoms with Gasteiger partial charge in [-0.2, -0.15) is 0 Å². The second kappa shape index (κ2) is 9.60. The summed E-state index contributed by atoms with van der Waals surface area (Å²) in [7, 11) is 2.84. The summed E-state index contributed by atoms with van der Waals surface area (Å²) in [5.41, 5.74) is 1.69. The van der Waals surface area contributed by atoms with Gasteiger partial charge in [-0.3, -0.25) is 10.3 Å². The molecule has 1 aromatic carbocycles. The molecule has 0 saturated carbocycles. The molecule has 32 heavy (non-hydrogen) atoms. The molecule has 12 heteroatoms. The van der Waals surface area contributed by atoms with Crippen LogP contribution in [0.15, 0.2) is 43.0 Å². The molecular formula is C20H16Cl2N6O3S. The van der Waals surface area contributed by atoms with Crippen LogP contribution in [-0.2, 0) is 4.74 Å². The van der Waals surface area contributed by atoms with Gasteiger partial charge in [0.15, 0.2) is 11.3 Å². The molecule has 3 heterocycles. The predicted octanol–water partition coefficient (Wildman–Crippen LogP) is 4.19. The fraction of sp³-hybridized carbons (Fsp3) is 0.150. The first-order chi connectivity index (χ1) is 15.5. The monoisotopic (exact) mass is 490 g/mol. The number of alkyl carbamates (subject to hydrolysis) is 1. The SMILES string of the molecule is COC(=O)NC1NC=C(c2cc(-c3c(Cl)cc(OC)cc3Cl)nc(-c3cnccn3)n2)S1. The maximum atomic E-state index is 11.5. The third-order valence-electron chi connectivity index (χ3n) is 4.32. The van der Waals surface area contributed by atoms with Gasteiger partial charge in [-0.15, -0.1) is 0 Å². The van der Waals surface area contributed by atoms with E-state index in [1.54, 1.807) is 43.0 Å². The molecule has 9 nitrogen and oxygen atoms in total. The third kappa shape index (κ3) is 4.72. The van der Waals surface area contributed by atoms with Crippen LogP contribution in [0.3, 0.4) is 0 Å². The van der Waals surface area contributed by atoms with Crippen LogP contribution < -0.4 is 15.4 Å². The van der Waals surface area contributed by atoms with Crippen LogP contribution in [0.1, 0.15) is 5.69 Å². The quantitative estimate of drug-likeness (QED) is 0.543. The van der Waals surface area contributed by atoms with Crippen molar-refractivity contribution < 1.29 is 14.3 Å². The number of nitrogens with one attached hydrogen (secondary N) is 2. The number of aromatic nitrogens is 4. The van der Waals surface area contributed by atoms with Crippen LogP contribution in [0.5, 0.6) is 5.75 Å². The summed E-state index contributed by atoms with van der Waals surface area (Å²) in [5, 5.41) is 6.48. The molecule has 0 fully saturated rings. The Labute approximate surface area is 197 Å². The first-order valence-electron chi connectivity index (χ1n) is 9.15. The molecule has 2 aromatic heterocycles. The van der Waals surface area contributed by atoms with E-state index >= 15 is 0 Å². The van der Waals surface area contributed by atoms with E-state index in [1.807, 2.05) is 0 Å². The third-order valence-corrected chi connectivity index (χ3v) is 5.99. The number of carbonyl (C=O) groups is 1. The fourth-order valence-corrected chi connectivity index (χ4v) is 4.43. The van der Waals surface area contributed by atoms with E-state index in [2.05, 4.69) is 35.3 Å². The van der Waals surface area contributed by atoms with E-state index in [9.17, 15) is 4.79 Å². The maximum Gasteiger partial charge on any atom is 0.409 e. The van der Waals surface area contributed by atoms with Crippen molar-refractivity contribution in [3.63, 3.8) is 0 Å². The van der Waals surface area contributed by atoms with Gasteiger partial charge in [0.2, 0.25) is 0 Å². The lowest BCUT2D eigenvalue weighted by atomic mass is 10.1. The van der Waals surface area contributed by atoms with Gasteiger partial charge in [0, 0.05) is 24.2 Å². The zero-order valence-electron chi connectivity index (χ0n) is 16.8. The molecule has 2 N–H and O–H groups in total. The molecule has 1 aliphatic rings. The highest BCUT2D eigenvalue weighted by Gasteiger charge is 2.24. The highest BCUT2D eigenvalue weighted by atomic mass is 35.5. The Morgan fingerprint density at radius 2 is 1.84 bits per heavy atom. The molecule has 4 rings (SSSR count). The lowest BCUT2D eigenvalue weighted by Gasteiger charge is -2.13. The van der Waals surface area contributed by atoms with Gasteiger partial charge in [-0.25, -0.2) is 19.7 Å². The van der Waals surface area contributed by atoms with Crippen molar-refractivity contribution >= 4 is 46.0 Å². The topological polar surface area (TPSA) is 111 Å².